The molecule has 1 aliphatic heterocycles. The van der Waals surface area contributed by atoms with E-state index in [-0.39, 0.29) is 0 Å². The van der Waals surface area contributed by atoms with Crippen molar-refractivity contribution in [3.63, 3.8) is 0 Å². The van der Waals surface area contributed by atoms with Crippen LogP contribution in [-0.4, -0.2) is 19.4 Å². The summed E-state index contributed by atoms with van der Waals surface area (Å²) < 4.78 is 0. The van der Waals surface area contributed by atoms with E-state index in [0.717, 1.165) is 24.4 Å². The van der Waals surface area contributed by atoms with Crippen LogP contribution in [0.3, 0.4) is 0 Å². The van der Waals surface area contributed by atoms with Crippen molar-refractivity contribution in [3.05, 3.63) is 53.3 Å². The molecule has 1 aromatic carbocycles. The Bertz CT molecular complexity index is 509. The SMILES string of the molecule is C=C(C)C1=C(N=CN)CN(c2ccc(C)cc2)C1. The minimum Gasteiger partial charge on any atom is -0.390 e. The number of anilines is 1. The lowest BCUT2D eigenvalue weighted by Gasteiger charge is -2.18. The first-order valence-corrected chi connectivity index (χ1v) is 6.05. The van der Waals surface area contributed by atoms with Gasteiger partial charge in [0.15, 0.2) is 0 Å². The molecule has 0 fully saturated rings. The Morgan fingerprint density at radius 3 is 2.56 bits per heavy atom. The van der Waals surface area contributed by atoms with Crippen LogP contribution in [0.15, 0.2) is 52.7 Å². The molecule has 1 aromatic rings. The van der Waals surface area contributed by atoms with Crippen molar-refractivity contribution in [1.29, 1.82) is 0 Å². The first kappa shape index (κ1) is 12.4. The van der Waals surface area contributed by atoms with Gasteiger partial charge >= 0.3 is 0 Å². The lowest BCUT2D eigenvalue weighted by molar-refractivity contribution is 0.971. The fourth-order valence-electron chi connectivity index (χ4n) is 2.14. The van der Waals surface area contributed by atoms with E-state index < -0.39 is 0 Å². The summed E-state index contributed by atoms with van der Waals surface area (Å²) in [5.41, 5.74) is 11.2. The molecular weight excluding hydrogens is 222 g/mol. The van der Waals surface area contributed by atoms with Crippen LogP contribution in [-0.2, 0) is 0 Å². The van der Waals surface area contributed by atoms with Crippen LogP contribution >= 0.6 is 0 Å². The summed E-state index contributed by atoms with van der Waals surface area (Å²) in [4.78, 5) is 6.53. The zero-order chi connectivity index (χ0) is 13.1. The largest absolute Gasteiger partial charge is 0.390 e. The van der Waals surface area contributed by atoms with E-state index in [1.165, 1.54) is 23.2 Å². The number of aryl methyl sites for hydroxylation is 1. The number of aliphatic imine (C=N–C) groups is 1. The molecule has 1 heterocycles. The molecule has 0 saturated carbocycles. The van der Waals surface area contributed by atoms with Gasteiger partial charge < -0.3 is 10.6 Å². The number of hydrogen-bond donors (Lipinski definition) is 1. The number of hydrogen-bond acceptors (Lipinski definition) is 2. The van der Waals surface area contributed by atoms with Crippen LogP contribution < -0.4 is 10.6 Å². The van der Waals surface area contributed by atoms with Gasteiger partial charge in [0.25, 0.3) is 0 Å². The highest BCUT2D eigenvalue weighted by Gasteiger charge is 2.22. The first-order valence-electron chi connectivity index (χ1n) is 6.05. The summed E-state index contributed by atoms with van der Waals surface area (Å²) in [7, 11) is 0. The average Bonchev–Trinajstić information content (AvgIpc) is 2.75. The summed E-state index contributed by atoms with van der Waals surface area (Å²) in [6.45, 7) is 9.76. The van der Waals surface area contributed by atoms with E-state index in [1.54, 1.807) is 0 Å². The Kier molecular flexibility index (Phi) is 3.51. The standard InChI is InChI=1S/C15H19N3/c1-11(2)14-8-18(9-15(14)17-10-16)13-6-4-12(3)5-7-13/h4-7,10H,1,8-9H2,2-3H3,(H2,16,17). The topological polar surface area (TPSA) is 41.6 Å². The molecule has 2 rings (SSSR count). The quantitative estimate of drug-likeness (QED) is 0.653. The molecule has 1 aliphatic rings. The van der Waals surface area contributed by atoms with Crippen molar-refractivity contribution in [2.24, 2.45) is 10.7 Å². The van der Waals surface area contributed by atoms with Gasteiger partial charge in [0.1, 0.15) is 0 Å². The maximum absolute atomic E-state index is 5.40. The fraction of sp³-hybridized carbons (Fsp3) is 0.267. The predicted octanol–water partition coefficient (Wildman–Crippen LogP) is 2.63. The van der Waals surface area contributed by atoms with E-state index in [0.29, 0.717) is 0 Å². The Balaban J connectivity index is 2.23. The summed E-state index contributed by atoms with van der Waals surface area (Å²) in [6, 6.07) is 8.53. The van der Waals surface area contributed by atoms with Crippen LogP contribution in [0.1, 0.15) is 12.5 Å². The molecule has 3 heteroatoms. The second-order valence-electron chi connectivity index (χ2n) is 4.68. The maximum atomic E-state index is 5.40. The van der Waals surface area contributed by atoms with Gasteiger partial charge in [0.2, 0.25) is 0 Å². The van der Waals surface area contributed by atoms with Gasteiger partial charge in [-0.3, -0.25) is 0 Å². The molecule has 0 saturated heterocycles. The molecule has 0 spiro atoms. The molecule has 3 nitrogen and oxygen atoms in total. The minimum atomic E-state index is 0.791. The van der Waals surface area contributed by atoms with Crippen LogP contribution in [0.5, 0.6) is 0 Å². The van der Waals surface area contributed by atoms with E-state index in [9.17, 15) is 0 Å². The second-order valence-corrected chi connectivity index (χ2v) is 4.68. The third kappa shape index (κ3) is 2.45. The molecule has 0 bridgehead atoms. The highest BCUT2D eigenvalue weighted by atomic mass is 15.2. The Labute approximate surface area is 108 Å². The number of nitrogens with two attached hydrogens (primary N) is 1. The lowest BCUT2D eigenvalue weighted by Crippen LogP contribution is -2.20. The molecule has 2 N–H and O–H groups in total. The lowest BCUT2D eigenvalue weighted by atomic mass is 10.1. The maximum Gasteiger partial charge on any atom is 0.0857 e. The molecule has 0 unspecified atom stereocenters. The summed E-state index contributed by atoms with van der Waals surface area (Å²) in [5, 5.41) is 0. The minimum absolute atomic E-state index is 0.791. The number of rotatable bonds is 3. The number of benzene rings is 1. The monoisotopic (exact) mass is 241 g/mol. The molecule has 18 heavy (non-hydrogen) atoms. The van der Waals surface area contributed by atoms with Gasteiger partial charge in [-0.05, 0) is 31.6 Å². The van der Waals surface area contributed by atoms with Crippen LogP contribution in [0.4, 0.5) is 5.69 Å². The molecule has 0 amide bonds. The average molecular weight is 241 g/mol. The van der Waals surface area contributed by atoms with Gasteiger partial charge in [-0.1, -0.05) is 29.8 Å². The van der Waals surface area contributed by atoms with E-state index in [1.807, 2.05) is 6.92 Å². The normalized spacial score (nSPS) is 15.8. The van der Waals surface area contributed by atoms with Gasteiger partial charge in [-0.2, -0.15) is 0 Å². The van der Waals surface area contributed by atoms with Crippen LogP contribution in [0.25, 0.3) is 0 Å². The van der Waals surface area contributed by atoms with Gasteiger partial charge in [0, 0.05) is 12.2 Å². The highest BCUT2D eigenvalue weighted by Crippen LogP contribution is 2.28. The van der Waals surface area contributed by atoms with Crippen molar-refractivity contribution in [3.8, 4) is 0 Å². The van der Waals surface area contributed by atoms with Crippen molar-refractivity contribution in [2.75, 3.05) is 18.0 Å². The molecule has 0 aromatic heterocycles. The zero-order valence-electron chi connectivity index (χ0n) is 11.0. The van der Waals surface area contributed by atoms with Crippen molar-refractivity contribution in [1.82, 2.24) is 0 Å². The summed E-state index contributed by atoms with van der Waals surface area (Å²) in [6.07, 6.45) is 1.36. The Morgan fingerprint density at radius 1 is 1.33 bits per heavy atom. The third-order valence-electron chi connectivity index (χ3n) is 3.18. The van der Waals surface area contributed by atoms with Crippen LogP contribution in [0, 0.1) is 6.92 Å². The molecule has 94 valence electrons. The smallest absolute Gasteiger partial charge is 0.0857 e. The zero-order valence-corrected chi connectivity index (χ0v) is 11.0. The highest BCUT2D eigenvalue weighted by molar-refractivity contribution is 5.60. The Morgan fingerprint density at radius 2 is 2.00 bits per heavy atom. The van der Waals surface area contributed by atoms with E-state index in [4.69, 9.17) is 5.73 Å². The van der Waals surface area contributed by atoms with Crippen molar-refractivity contribution < 1.29 is 0 Å². The first-order chi connectivity index (χ1) is 8.61. The fourth-order valence-corrected chi connectivity index (χ4v) is 2.14. The second kappa shape index (κ2) is 5.08. The summed E-state index contributed by atoms with van der Waals surface area (Å²) >= 11 is 0. The van der Waals surface area contributed by atoms with Crippen molar-refractivity contribution >= 4 is 12.0 Å². The predicted molar refractivity (Wildman–Crippen MR) is 77.9 cm³/mol. The van der Waals surface area contributed by atoms with Gasteiger partial charge in [-0.25, -0.2) is 4.99 Å². The van der Waals surface area contributed by atoms with Crippen molar-refractivity contribution in [2.45, 2.75) is 13.8 Å². The van der Waals surface area contributed by atoms with E-state index >= 15 is 0 Å². The number of nitrogens with zero attached hydrogens (tertiary/aromatic N) is 2. The molecule has 0 atom stereocenters. The molecule has 0 radical (unpaired) electrons. The Hall–Kier alpha value is -2.03. The molecule has 0 aliphatic carbocycles. The van der Waals surface area contributed by atoms with Crippen LogP contribution in [0.2, 0.25) is 0 Å². The van der Waals surface area contributed by atoms with Gasteiger partial charge in [0.05, 0.1) is 18.6 Å². The summed E-state index contributed by atoms with van der Waals surface area (Å²) in [5.74, 6) is 0. The third-order valence-corrected chi connectivity index (χ3v) is 3.18. The van der Waals surface area contributed by atoms with Gasteiger partial charge in [-0.15, -0.1) is 0 Å². The van der Waals surface area contributed by atoms with E-state index in [2.05, 4.69) is 47.7 Å². The molecular formula is C15H19N3.